The minimum absolute atomic E-state index is 0.270. The fourth-order valence-corrected chi connectivity index (χ4v) is 4.34. The van der Waals surface area contributed by atoms with Crippen LogP contribution in [0.4, 0.5) is 13.2 Å². The highest BCUT2D eigenvalue weighted by Gasteiger charge is 2.17. The molecule has 0 spiro atoms. The van der Waals surface area contributed by atoms with Gasteiger partial charge in [0.2, 0.25) is 0 Å². The van der Waals surface area contributed by atoms with Crippen molar-refractivity contribution in [2.45, 2.75) is 0 Å². The summed E-state index contributed by atoms with van der Waals surface area (Å²) in [5, 5.41) is 2.94. The molecule has 0 N–H and O–H groups in total. The van der Waals surface area contributed by atoms with E-state index in [1.54, 1.807) is 5.38 Å². The standard InChI is InChI=1S/C12H5F3S3/c13-6-3-9(17-5-6)10-4-8(15)12(18-10)11-7(14)1-2-16-11/h1-5H. The first-order valence-corrected chi connectivity index (χ1v) is 7.50. The molecule has 0 radical (unpaired) electrons. The minimum atomic E-state index is -0.467. The van der Waals surface area contributed by atoms with Gasteiger partial charge in [-0.2, -0.15) is 0 Å². The smallest absolute Gasteiger partial charge is 0.143 e. The molecule has 3 rings (SSSR count). The molecule has 3 aromatic rings. The quantitative estimate of drug-likeness (QED) is 0.576. The zero-order chi connectivity index (χ0) is 12.7. The number of rotatable bonds is 2. The lowest BCUT2D eigenvalue weighted by Gasteiger charge is -1.92. The van der Waals surface area contributed by atoms with Gasteiger partial charge in [-0.05, 0) is 23.6 Å². The molecule has 0 fully saturated rings. The first-order chi connectivity index (χ1) is 8.65. The van der Waals surface area contributed by atoms with Gasteiger partial charge in [0.25, 0.3) is 0 Å². The second kappa shape index (κ2) is 4.53. The van der Waals surface area contributed by atoms with E-state index in [0.29, 0.717) is 14.6 Å². The van der Waals surface area contributed by atoms with Crippen molar-refractivity contribution >= 4 is 34.0 Å². The van der Waals surface area contributed by atoms with E-state index in [1.165, 1.54) is 34.9 Å². The maximum atomic E-state index is 13.8. The molecule has 0 aliphatic rings. The third kappa shape index (κ3) is 2.00. The Morgan fingerprint density at radius 3 is 2.28 bits per heavy atom. The average molecular weight is 302 g/mol. The Morgan fingerprint density at radius 2 is 1.67 bits per heavy atom. The Morgan fingerprint density at radius 1 is 0.833 bits per heavy atom. The highest BCUT2D eigenvalue weighted by Crippen LogP contribution is 2.41. The molecule has 92 valence electrons. The van der Waals surface area contributed by atoms with Crippen molar-refractivity contribution in [2.75, 3.05) is 0 Å². The predicted molar refractivity (Wildman–Crippen MR) is 70.8 cm³/mol. The lowest BCUT2D eigenvalue weighted by Crippen LogP contribution is -1.74. The largest absolute Gasteiger partial charge is 0.206 e. The van der Waals surface area contributed by atoms with E-state index < -0.39 is 11.6 Å². The Labute approximate surface area is 113 Å². The summed E-state index contributed by atoms with van der Waals surface area (Å²) in [6.07, 6.45) is 0. The molecular formula is C12H5F3S3. The minimum Gasteiger partial charge on any atom is -0.206 e. The number of thiophene rings is 3. The number of halogens is 3. The van der Waals surface area contributed by atoms with Crippen LogP contribution in [0.3, 0.4) is 0 Å². The van der Waals surface area contributed by atoms with Gasteiger partial charge in [0.05, 0.1) is 9.75 Å². The van der Waals surface area contributed by atoms with Crippen molar-refractivity contribution in [3.63, 3.8) is 0 Å². The van der Waals surface area contributed by atoms with E-state index in [4.69, 9.17) is 0 Å². The summed E-state index contributed by atoms with van der Waals surface area (Å²) in [7, 11) is 0. The summed E-state index contributed by atoms with van der Waals surface area (Å²) in [6.45, 7) is 0. The Hall–Kier alpha value is -1.11. The molecule has 3 aromatic heterocycles. The van der Waals surface area contributed by atoms with Gasteiger partial charge in [-0.25, -0.2) is 13.2 Å². The van der Waals surface area contributed by atoms with Crippen LogP contribution in [0.25, 0.3) is 19.5 Å². The van der Waals surface area contributed by atoms with E-state index in [0.717, 1.165) is 22.7 Å². The van der Waals surface area contributed by atoms with E-state index in [-0.39, 0.29) is 10.7 Å². The van der Waals surface area contributed by atoms with Crippen molar-refractivity contribution in [1.29, 1.82) is 0 Å². The van der Waals surface area contributed by atoms with E-state index in [9.17, 15) is 13.2 Å². The third-order valence-corrected chi connectivity index (χ3v) is 5.58. The first-order valence-electron chi connectivity index (χ1n) is 4.92. The van der Waals surface area contributed by atoms with Crippen LogP contribution in [0.5, 0.6) is 0 Å². The average Bonchev–Trinajstić information content (AvgIpc) is 2.99. The molecule has 3 heterocycles. The van der Waals surface area contributed by atoms with Gasteiger partial charge in [0.15, 0.2) is 0 Å². The second-order valence-electron chi connectivity index (χ2n) is 3.51. The molecule has 0 atom stereocenters. The monoisotopic (exact) mass is 302 g/mol. The Kier molecular flexibility index (Phi) is 3.01. The van der Waals surface area contributed by atoms with Gasteiger partial charge in [-0.15, -0.1) is 34.0 Å². The third-order valence-electron chi connectivity index (χ3n) is 2.32. The van der Waals surface area contributed by atoms with E-state index in [1.807, 2.05) is 0 Å². The zero-order valence-corrected chi connectivity index (χ0v) is 11.2. The Bertz CT molecular complexity index is 693. The van der Waals surface area contributed by atoms with Crippen LogP contribution in [0.1, 0.15) is 0 Å². The van der Waals surface area contributed by atoms with E-state index >= 15 is 0 Å². The zero-order valence-electron chi connectivity index (χ0n) is 8.75. The van der Waals surface area contributed by atoms with Crippen LogP contribution < -0.4 is 0 Å². The fourth-order valence-electron chi connectivity index (χ4n) is 1.54. The summed E-state index contributed by atoms with van der Waals surface area (Å²) in [4.78, 5) is 1.83. The summed E-state index contributed by atoms with van der Waals surface area (Å²) in [6, 6.07) is 3.98. The SMILES string of the molecule is Fc1csc(-c2cc(F)c(-c3sccc3F)s2)c1. The summed E-state index contributed by atoms with van der Waals surface area (Å²) >= 11 is 3.50. The topological polar surface area (TPSA) is 0 Å². The normalized spacial score (nSPS) is 11.1. The van der Waals surface area contributed by atoms with Gasteiger partial charge in [0.1, 0.15) is 17.5 Å². The van der Waals surface area contributed by atoms with Crippen LogP contribution in [0, 0.1) is 17.5 Å². The molecule has 0 bridgehead atoms. The maximum absolute atomic E-state index is 13.8. The summed E-state index contributed by atoms with van der Waals surface area (Å²) in [5.41, 5.74) is 0. The van der Waals surface area contributed by atoms with Gasteiger partial charge < -0.3 is 0 Å². The molecular weight excluding hydrogens is 297 g/mol. The van der Waals surface area contributed by atoms with E-state index in [2.05, 4.69) is 0 Å². The van der Waals surface area contributed by atoms with Crippen LogP contribution in [-0.4, -0.2) is 0 Å². The summed E-state index contributed by atoms with van der Waals surface area (Å²) in [5.74, 6) is -1.23. The molecule has 0 amide bonds. The van der Waals surface area contributed by atoms with Gasteiger partial charge in [-0.1, -0.05) is 0 Å². The van der Waals surface area contributed by atoms with Gasteiger partial charge in [-0.3, -0.25) is 0 Å². The van der Waals surface area contributed by atoms with Crippen molar-refractivity contribution in [3.05, 3.63) is 46.4 Å². The lowest BCUT2D eigenvalue weighted by molar-refractivity contribution is 0.624. The molecule has 0 aliphatic heterocycles. The molecule has 0 aromatic carbocycles. The molecule has 6 heteroatoms. The van der Waals surface area contributed by atoms with Crippen molar-refractivity contribution in [3.8, 4) is 19.5 Å². The molecule has 0 aliphatic carbocycles. The number of hydrogen-bond acceptors (Lipinski definition) is 3. The first kappa shape index (κ1) is 12.0. The van der Waals surface area contributed by atoms with Crippen LogP contribution in [-0.2, 0) is 0 Å². The molecule has 0 nitrogen and oxygen atoms in total. The van der Waals surface area contributed by atoms with Crippen molar-refractivity contribution < 1.29 is 13.2 Å². The predicted octanol–water partition coefficient (Wildman–Crippen LogP) is 5.62. The van der Waals surface area contributed by atoms with Crippen LogP contribution in [0.2, 0.25) is 0 Å². The fraction of sp³-hybridized carbons (Fsp3) is 0. The van der Waals surface area contributed by atoms with Crippen LogP contribution >= 0.6 is 34.0 Å². The van der Waals surface area contributed by atoms with Gasteiger partial charge >= 0.3 is 0 Å². The lowest BCUT2D eigenvalue weighted by atomic mass is 10.3. The molecule has 0 unspecified atom stereocenters. The molecule has 18 heavy (non-hydrogen) atoms. The molecule has 0 saturated heterocycles. The van der Waals surface area contributed by atoms with Gasteiger partial charge in [0, 0.05) is 15.1 Å². The molecule has 0 saturated carbocycles. The highest BCUT2D eigenvalue weighted by atomic mass is 32.1. The van der Waals surface area contributed by atoms with Crippen molar-refractivity contribution in [1.82, 2.24) is 0 Å². The summed E-state index contributed by atoms with van der Waals surface area (Å²) < 4.78 is 40.2. The maximum Gasteiger partial charge on any atom is 0.143 e. The highest BCUT2D eigenvalue weighted by molar-refractivity contribution is 7.25. The van der Waals surface area contributed by atoms with Crippen molar-refractivity contribution in [2.24, 2.45) is 0 Å². The second-order valence-corrected chi connectivity index (χ2v) is 6.39. The Balaban J connectivity index is 2.09. The van der Waals surface area contributed by atoms with Crippen LogP contribution in [0.15, 0.2) is 29.0 Å². The number of hydrogen-bond donors (Lipinski definition) is 0.